The molecule has 3 aromatic heterocycles. The molecule has 1 unspecified atom stereocenters. The molecule has 5 rings (SSSR count). The van der Waals surface area contributed by atoms with Crippen molar-refractivity contribution in [3.63, 3.8) is 0 Å². The molecule has 160 valence electrons. The van der Waals surface area contributed by atoms with E-state index in [9.17, 15) is 13.2 Å². The molecular weight excluding hydrogens is 411 g/mol. The van der Waals surface area contributed by atoms with E-state index in [0.29, 0.717) is 30.1 Å². The topological polar surface area (TPSA) is 77.9 Å². The third-order valence-electron chi connectivity index (χ3n) is 5.36. The largest absolute Gasteiger partial charge is 0.496 e. The summed E-state index contributed by atoms with van der Waals surface area (Å²) in [4.78, 5) is 11.5. The van der Waals surface area contributed by atoms with Gasteiger partial charge in [-0.15, -0.1) is 0 Å². The van der Waals surface area contributed by atoms with Gasteiger partial charge in [-0.25, -0.2) is 14.6 Å². The summed E-state index contributed by atoms with van der Waals surface area (Å²) >= 11 is 0. The van der Waals surface area contributed by atoms with Crippen LogP contribution < -0.4 is 4.74 Å². The van der Waals surface area contributed by atoms with Crippen LogP contribution in [0.25, 0.3) is 28.1 Å². The molecule has 0 fully saturated rings. The second kappa shape index (κ2) is 7.09. The third-order valence-corrected chi connectivity index (χ3v) is 5.36. The van der Waals surface area contributed by atoms with Crippen molar-refractivity contribution < 1.29 is 22.6 Å². The van der Waals surface area contributed by atoms with Crippen LogP contribution in [0.1, 0.15) is 23.7 Å². The number of imidazole rings is 1. The quantitative estimate of drug-likeness (QED) is 0.526. The Morgan fingerprint density at radius 1 is 1.23 bits per heavy atom. The number of fused-ring (bicyclic) bond motifs is 2. The van der Waals surface area contributed by atoms with E-state index in [4.69, 9.17) is 14.6 Å². The maximum atomic E-state index is 13.3. The van der Waals surface area contributed by atoms with E-state index in [1.165, 1.54) is 19.2 Å². The molecule has 1 aromatic carbocycles. The van der Waals surface area contributed by atoms with Crippen LogP contribution in [-0.4, -0.2) is 37.9 Å². The van der Waals surface area contributed by atoms with E-state index in [1.807, 2.05) is 13.0 Å². The fraction of sp³-hybridized carbons (Fsp3) is 0.286. The lowest BCUT2D eigenvalue weighted by Gasteiger charge is -2.21. The Kier molecular flexibility index (Phi) is 4.47. The molecule has 7 nitrogen and oxygen atoms in total. The Morgan fingerprint density at radius 3 is 2.84 bits per heavy atom. The number of aromatic amines is 1. The van der Waals surface area contributed by atoms with Crippen LogP contribution in [0.15, 0.2) is 36.8 Å². The zero-order valence-electron chi connectivity index (χ0n) is 16.7. The van der Waals surface area contributed by atoms with Crippen LogP contribution in [0.2, 0.25) is 0 Å². The number of hydrogen-bond donors (Lipinski definition) is 1. The Labute approximate surface area is 174 Å². The van der Waals surface area contributed by atoms with E-state index in [2.05, 4.69) is 15.0 Å². The monoisotopic (exact) mass is 429 g/mol. The summed E-state index contributed by atoms with van der Waals surface area (Å²) in [5.41, 5.74) is 4.23. The van der Waals surface area contributed by atoms with Crippen LogP contribution in [0, 0.1) is 0 Å². The van der Waals surface area contributed by atoms with Gasteiger partial charge in [0.2, 0.25) is 0 Å². The van der Waals surface area contributed by atoms with Gasteiger partial charge in [0.15, 0.2) is 5.65 Å². The van der Waals surface area contributed by atoms with Crippen molar-refractivity contribution in [2.24, 2.45) is 0 Å². The minimum atomic E-state index is -4.51. The Morgan fingerprint density at radius 2 is 2.06 bits per heavy atom. The first-order valence-electron chi connectivity index (χ1n) is 9.62. The highest BCUT2D eigenvalue weighted by Gasteiger charge is 2.35. The molecule has 0 amide bonds. The number of H-pyrrole nitrogens is 1. The number of halogens is 3. The van der Waals surface area contributed by atoms with E-state index in [-0.39, 0.29) is 11.9 Å². The van der Waals surface area contributed by atoms with E-state index >= 15 is 0 Å². The van der Waals surface area contributed by atoms with Crippen molar-refractivity contribution in [3.8, 4) is 22.7 Å². The van der Waals surface area contributed by atoms with Crippen LogP contribution in [0.4, 0.5) is 13.2 Å². The molecule has 0 aliphatic carbocycles. The predicted octanol–water partition coefficient (Wildman–Crippen LogP) is 4.30. The number of aromatic nitrogens is 5. The zero-order chi connectivity index (χ0) is 21.8. The average Bonchev–Trinajstić information content (AvgIpc) is 3.36. The van der Waals surface area contributed by atoms with Gasteiger partial charge in [0.25, 0.3) is 0 Å². The molecule has 1 atom stereocenters. The lowest BCUT2D eigenvalue weighted by Crippen LogP contribution is -2.21. The lowest BCUT2D eigenvalue weighted by molar-refractivity contribution is -0.138. The van der Waals surface area contributed by atoms with Gasteiger partial charge >= 0.3 is 6.18 Å². The lowest BCUT2D eigenvalue weighted by atomic mass is 10.0. The normalized spacial score (nSPS) is 16.5. The minimum absolute atomic E-state index is 0.0413. The van der Waals surface area contributed by atoms with Gasteiger partial charge in [0, 0.05) is 29.8 Å². The number of rotatable bonds is 3. The van der Waals surface area contributed by atoms with Crippen molar-refractivity contribution in [2.75, 3.05) is 7.11 Å². The summed E-state index contributed by atoms with van der Waals surface area (Å²) in [7, 11) is 1.22. The van der Waals surface area contributed by atoms with E-state index < -0.39 is 11.7 Å². The number of methoxy groups -OCH3 is 1. The number of nitrogens with one attached hydrogen (secondary N) is 1. The van der Waals surface area contributed by atoms with Crippen molar-refractivity contribution in [2.45, 2.75) is 32.2 Å². The summed E-state index contributed by atoms with van der Waals surface area (Å²) in [6, 6.07) is 5.67. The molecule has 10 heteroatoms. The Hall–Kier alpha value is -3.40. The van der Waals surface area contributed by atoms with Gasteiger partial charge in [0.1, 0.15) is 11.4 Å². The highest BCUT2D eigenvalue weighted by molar-refractivity contribution is 5.77. The maximum absolute atomic E-state index is 13.3. The van der Waals surface area contributed by atoms with Crippen molar-refractivity contribution in [3.05, 3.63) is 53.6 Å². The molecule has 4 heterocycles. The molecule has 0 spiro atoms. The van der Waals surface area contributed by atoms with Gasteiger partial charge in [0.05, 0.1) is 48.6 Å². The number of alkyl halides is 3. The summed E-state index contributed by atoms with van der Waals surface area (Å²) in [5, 5.41) is 4.75. The molecule has 0 saturated carbocycles. The second-order valence-corrected chi connectivity index (χ2v) is 7.39. The van der Waals surface area contributed by atoms with Gasteiger partial charge in [-0.2, -0.15) is 18.3 Å². The van der Waals surface area contributed by atoms with Gasteiger partial charge in [-0.3, -0.25) is 0 Å². The molecule has 1 N–H and O–H groups in total. The Balaban J connectivity index is 1.67. The third kappa shape index (κ3) is 3.32. The number of benzene rings is 1. The van der Waals surface area contributed by atoms with E-state index in [0.717, 1.165) is 28.4 Å². The second-order valence-electron chi connectivity index (χ2n) is 7.39. The van der Waals surface area contributed by atoms with Crippen LogP contribution in [0.5, 0.6) is 5.75 Å². The van der Waals surface area contributed by atoms with Crippen LogP contribution in [0.3, 0.4) is 0 Å². The number of pyridine rings is 1. The summed E-state index contributed by atoms with van der Waals surface area (Å²) in [6.07, 6.45) is -0.728. The molecular formula is C21H18F3N5O2. The fourth-order valence-corrected chi connectivity index (χ4v) is 3.85. The predicted molar refractivity (Wildman–Crippen MR) is 106 cm³/mol. The molecule has 1 aliphatic heterocycles. The van der Waals surface area contributed by atoms with Gasteiger partial charge < -0.3 is 14.5 Å². The molecule has 4 aromatic rings. The number of ether oxygens (including phenoxy) is 2. The highest BCUT2D eigenvalue weighted by atomic mass is 19.4. The zero-order valence-corrected chi connectivity index (χ0v) is 16.7. The Bertz CT molecular complexity index is 1280. The van der Waals surface area contributed by atoms with Crippen molar-refractivity contribution >= 4 is 11.2 Å². The molecule has 0 saturated heterocycles. The summed E-state index contributed by atoms with van der Waals surface area (Å²) < 4.78 is 52.4. The SMILES string of the molecule is COc1cc(-n2nc(-c3cnc4nc[nH]c4c3)c3c2CC(C)OC3)ccc1C(F)(F)F. The van der Waals surface area contributed by atoms with E-state index in [1.54, 1.807) is 17.2 Å². The summed E-state index contributed by atoms with van der Waals surface area (Å²) in [6.45, 7) is 2.30. The minimum Gasteiger partial charge on any atom is -0.496 e. The molecule has 31 heavy (non-hydrogen) atoms. The smallest absolute Gasteiger partial charge is 0.419 e. The highest BCUT2D eigenvalue weighted by Crippen LogP contribution is 2.38. The fourth-order valence-electron chi connectivity index (χ4n) is 3.85. The van der Waals surface area contributed by atoms with Crippen LogP contribution in [-0.2, 0) is 23.9 Å². The van der Waals surface area contributed by atoms with Crippen LogP contribution >= 0.6 is 0 Å². The molecule has 1 aliphatic rings. The number of hydrogen-bond acceptors (Lipinski definition) is 5. The van der Waals surface area contributed by atoms with Crippen molar-refractivity contribution in [1.82, 2.24) is 24.7 Å². The first kappa shape index (κ1) is 19.6. The summed E-state index contributed by atoms with van der Waals surface area (Å²) in [5.74, 6) is -0.253. The van der Waals surface area contributed by atoms with Gasteiger partial charge in [-0.1, -0.05) is 0 Å². The maximum Gasteiger partial charge on any atom is 0.419 e. The van der Waals surface area contributed by atoms with Crippen molar-refractivity contribution in [1.29, 1.82) is 0 Å². The first-order valence-corrected chi connectivity index (χ1v) is 9.62. The first-order chi connectivity index (χ1) is 14.8. The number of nitrogens with zero attached hydrogens (tertiary/aromatic N) is 4. The standard InChI is InChI=1S/C21H18F3N5O2/c1-11-5-17-14(9-31-11)19(12-6-16-20(25-8-12)27-10-26-16)28-29(17)13-3-4-15(21(22,23)24)18(7-13)30-2/h3-4,6-8,10-11H,5,9H2,1-2H3,(H,25,26,27). The average molecular weight is 429 g/mol. The molecule has 0 bridgehead atoms. The molecule has 0 radical (unpaired) electrons. The van der Waals surface area contributed by atoms with Gasteiger partial charge in [-0.05, 0) is 25.1 Å².